The summed E-state index contributed by atoms with van der Waals surface area (Å²) in [5, 5.41) is 17.4. The van der Waals surface area contributed by atoms with Gasteiger partial charge in [-0.15, -0.1) is 36.2 Å². The molecule has 5 nitrogen and oxygen atoms in total. The molecule has 0 spiro atoms. The zero-order valence-electron chi connectivity index (χ0n) is 8.11. The normalized spacial score (nSPS) is 9.18. The van der Waals surface area contributed by atoms with Gasteiger partial charge in [-0.2, -0.15) is 0 Å². The second kappa shape index (κ2) is 5.81. The molecule has 17 heavy (non-hydrogen) atoms. The minimum absolute atomic E-state index is 0. The quantitative estimate of drug-likeness (QED) is 0.889. The van der Waals surface area contributed by atoms with Gasteiger partial charge in [0.05, 0.1) is 15.8 Å². The van der Waals surface area contributed by atoms with Gasteiger partial charge in [0.25, 0.3) is 0 Å². The Bertz CT molecular complexity index is 557. The Morgan fingerprint density at radius 1 is 1.12 bits per heavy atom. The van der Waals surface area contributed by atoms with Crippen LogP contribution in [0.5, 0.6) is 0 Å². The first-order chi connectivity index (χ1) is 7.08. The van der Waals surface area contributed by atoms with Crippen molar-refractivity contribution in [3.63, 3.8) is 0 Å². The van der Waals surface area contributed by atoms with Crippen LogP contribution < -0.4 is 0 Å². The lowest BCUT2D eigenvalue weighted by atomic mass is 10.2. The van der Waals surface area contributed by atoms with Crippen molar-refractivity contribution in [3.8, 4) is 0 Å². The maximum atomic E-state index is 10.6. The number of aromatic carboxylic acids is 2. The van der Waals surface area contributed by atoms with Crippen LogP contribution >= 0.6 is 36.2 Å². The smallest absolute Gasteiger partial charge is 0.365 e. The average molecular weight is 296 g/mol. The van der Waals surface area contributed by atoms with Crippen molar-refractivity contribution in [1.29, 1.82) is 0 Å². The summed E-state index contributed by atoms with van der Waals surface area (Å²) < 4.78 is 0.664. The molecule has 2 rings (SSSR count). The highest BCUT2D eigenvalue weighted by molar-refractivity contribution is 7.20. The number of carboxylic acids is 2. The Labute approximate surface area is 112 Å². The second-order valence-corrected chi connectivity index (χ2v) is 3.84. The molecule has 0 fully saturated rings. The lowest BCUT2D eigenvalue weighted by Gasteiger charge is -1.91. The van der Waals surface area contributed by atoms with E-state index >= 15 is 0 Å². The van der Waals surface area contributed by atoms with Gasteiger partial charge in [0.1, 0.15) is 0 Å². The number of rotatable bonds is 2. The molecule has 1 heterocycles. The lowest BCUT2D eigenvalue weighted by Crippen LogP contribution is -1.95. The van der Waals surface area contributed by atoms with E-state index in [9.17, 15) is 9.59 Å². The Morgan fingerprint density at radius 2 is 1.76 bits per heavy atom. The topological polar surface area (TPSA) is 87.5 Å². The summed E-state index contributed by atoms with van der Waals surface area (Å²) >= 11 is 1.02. The number of thiazole rings is 1. The van der Waals surface area contributed by atoms with Crippen molar-refractivity contribution in [2.24, 2.45) is 0 Å². The first kappa shape index (κ1) is 15.6. The van der Waals surface area contributed by atoms with Gasteiger partial charge in [0, 0.05) is 0 Å². The van der Waals surface area contributed by atoms with Crippen LogP contribution in [0.4, 0.5) is 0 Å². The molecule has 1 aromatic heterocycles. The van der Waals surface area contributed by atoms with Gasteiger partial charge in [-0.3, -0.25) is 0 Å². The summed E-state index contributed by atoms with van der Waals surface area (Å²) in [6.07, 6.45) is 0. The number of nitrogens with zero attached hydrogens (tertiary/aromatic N) is 1. The van der Waals surface area contributed by atoms with Crippen LogP contribution in [0, 0.1) is 0 Å². The zero-order chi connectivity index (χ0) is 11.0. The van der Waals surface area contributed by atoms with Crippen LogP contribution in [-0.4, -0.2) is 27.1 Å². The highest BCUT2D eigenvalue weighted by Gasteiger charge is 2.12. The van der Waals surface area contributed by atoms with Crippen molar-refractivity contribution in [1.82, 2.24) is 4.98 Å². The van der Waals surface area contributed by atoms with Crippen molar-refractivity contribution in [2.75, 3.05) is 0 Å². The molecule has 0 saturated carbocycles. The number of carbonyl (C=O) groups is 2. The summed E-state index contributed by atoms with van der Waals surface area (Å²) in [5.41, 5.74) is 0.502. The van der Waals surface area contributed by atoms with Crippen LogP contribution in [-0.2, 0) is 0 Å². The number of fused-ring (bicyclic) bond motifs is 1. The molecule has 0 aliphatic rings. The molecule has 8 heteroatoms. The van der Waals surface area contributed by atoms with Crippen LogP contribution in [0.15, 0.2) is 18.2 Å². The summed E-state index contributed by atoms with van der Waals surface area (Å²) in [6, 6.07) is 4.35. The highest BCUT2D eigenvalue weighted by atomic mass is 35.5. The molecule has 0 amide bonds. The van der Waals surface area contributed by atoms with Crippen LogP contribution in [0.25, 0.3) is 10.2 Å². The van der Waals surface area contributed by atoms with E-state index in [-0.39, 0.29) is 35.4 Å². The molecule has 0 unspecified atom stereocenters. The molecule has 0 radical (unpaired) electrons. The van der Waals surface area contributed by atoms with Crippen LogP contribution in [0.2, 0.25) is 0 Å². The Morgan fingerprint density at radius 3 is 2.29 bits per heavy atom. The van der Waals surface area contributed by atoms with E-state index in [0.717, 1.165) is 11.3 Å². The summed E-state index contributed by atoms with van der Waals surface area (Å²) in [4.78, 5) is 25.1. The molecular weight excluding hydrogens is 289 g/mol. The number of aromatic nitrogens is 1. The lowest BCUT2D eigenvalue weighted by molar-refractivity contribution is 0.0687. The average Bonchev–Trinajstić information content (AvgIpc) is 2.59. The van der Waals surface area contributed by atoms with E-state index in [1.54, 1.807) is 6.07 Å². The Balaban J connectivity index is 0.00000128. The van der Waals surface area contributed by atoms with Crippen LogP contribution in [0.1, 0.15) is 20.2 Å². The van der Waals surface area contributed by atoms with Gasteiger partial charge in [0.2, 0.25) is 5.01 Å². The third-order valence-corrected chi connectivity index (χ3v) is 2.84. The molecule has 0 aliphatic carbocycles. The van der Waals surface area contributed by atoms with E-state index < -0.39 is 11.9 Å². The first-order valence-corrected chi connectivity index (χ1v) is 4.77. The molecule has 0 bridgehead atoms. The summed E-state index contributed by atoms with van der Waals surface area (Å²) in [6.45, 7) is 0. The molecule has 92 valence electrons. The van der Waals surface area contributed by atoms with E-state index in [0.29, 0.717) is 10.2 Å². The highest BCUT2D eigenvalue weighted by Crippen LogP contribution is 2.23. The van der Waals surface area contributed by atoms with Crippen LogP contribution in [0.3, 0.4) is 0 Å². The van der Waals surface area contributed by atoms with Gasteiger partial charge < -0.3 is 10.2 Å². The van der Waals surface area contributed by atoms with Crippen molar-refractivity contribution < 1.29 is 19.8 Å². The van der Waals surface area contributed by atoms with Gasteiger partial charge >= 0.3 is 11.9 Å². The monoisotopic (exact) mass is 295 g/mol. The van der Waals surface area contributed by atoms with E-state index in [1.165, 1.54) is 12.1 Å². The number of halogens is 2. The van der Waals surface area contributed by atoms with Gasteiger partial charge in [-0.1, -0.05) is 0 Å². The Hall–Kier alpha value is -1.37. The third-order valence-electron chi connectivity index (χ3n) is 1.82. The number of benzene rings is 1. The maximum Gasteiger partial charge on any atom is 0.365 e. The fourth-order valence-electron chi connectivity index (χ4n) is 1.15. The molecular formula is C9H7Cl2NO4S. The predicted molar refractivity (Wildman–Crippen MR) is 68.0 cm³/mol. The minimum atomic E-state index is -1.10. The molecule has 1 aromatic carbocycles. The summed E-state index contributed by atoms with van der Waals surface area (Å²) in [7, 11) is 0. The molecule has 0 aliphatic heterocycles. The summed E-state index contributed by atoms with van der Waals surface area (Å²) in [5.74, 6) is -2.16. The van der Waals surface area contributed by atoms with Crippen molar-refractivity contribution >= 4 is 58.3 Å². The molecule has 2 N–H and O–H groups in total. The third kappa shape index (κ3) is 3.06. The number of carboxylic acid groups (broad SMARTS) is 2. The standard InChI is InChI=1S/C9H5NO4S.2ClH/c11-8(12)4-1-2-6-5(3-4)10-7(15-6)9(13)14;;/h1-3H,(H,11,12)(H,13,14);2*1H. The predicted octanol–water partition coefficient (Wildman–Crippen LogP) is 2.54. The van der Waals surface area contributed by atoms with Crippen molar-refractivity contribution in [3.05, 3.63) is 28.8 Å². The van der Waals surface area contributed by atoms with Gasteiger partial charge in [0.15, 0.2) is 0 Å². The Kier molecular flexibility index (Phi) is 5.34. The largest absolute Gasteiger partial charge is 0.478 e. The van der Waals surface area contributed by atoms with Crippen molar-refractivity contribution in [2.45, 2.75) is 0 Å². The first-order valence-electron chi connectivity index (χ1n) is 3.95. The second-order valence-electron chi connectivity index (χ2n) is 2.81. The molecule has 2 aromatic rings. The fourth-order valence-corrected chi connectivity index (χ4v) is 1.94. The van der Waals surface area contributed by atoms with E-state index in [2.05, 4.69) is 4.98 Å². The van der Waals surface area contributed by atoms with Gasteiger partial charge in [-0.25, -0.2) is 14.6 Å². The molecule has 0 atom stereocenters. The van der Waals surface area contributed by atoms with E-state index in [1.807, 2.05) is 0 Å². The minimum Gasteiger partial charge on any atom is -0.478 e. The molecule has 0 saturated heterocycles. The zero-order valence-corrected chi connectivity index (χ0v) is 10.6. The SMILES string of the molecule is Cl.Cl.O=C(O)c1ccc2sc(C(=O)O)nc2c1. The fraction of sp³-hybridized carbons (Fsp3) is 0. The maximum absolute atomic E-state index is 10.6. The number of hydrogen-bond acceptors (Lipinski definition) is 4. The van der Waals surface area contributed by atoms with Gasteiger partial charge in [-0.05, 0) is 18.2 Å². The number of hydrogen-bond donors (Lipinski definition) is 2. The van der Waals surface area contributed by atoms with E-state index in [4.69, 9.17) is 10.2 Å².